The summed E-state index contributed by atoms with van der Waals surface area (Å²) >= 11 is 0. The van der Waals surface area contributed by atoms with Crippen molar-refractivity contribution in [3.05, 3.63) is 0 Å². The second kappa shape index (κ2) is 4.36. The third kappa shape index (κ3) is 2.10. The van der Waals surface area contributed by atoms with E-state index in [0.29, 0.717) is 0 Å². The van der Waals surface area contributed by atoms with Crippen molar-refractivity contribution in [2.24, 2.45) is 5.41 Å². The van der Waals surface area contributed by atoms with Gasteiger partial charge in [-0.25, -0.2) is 0 Å². The number of carbonyl (C=O) groups excluding carboxylic acids is 1. The monoisotopic (exact) mass is 224 g/mol. The highest BCUT2D eigenvalue weighted by atomic mass is 16.2. The van der Waals surface area contributed by atoms with Crippen molar-refractivity contribution in [3.63, 3.8) is 0 Å². The van der Waals surface area contributed by atoms with Gasteiger partial charge in [-0.1, -0.05) is 6.92 Å². The topological polar surface area (TPSA) is 41.1 Å². The van der Waals surface area contributed by atoms with Gasteiger partial charge in [0.05, 0.1) is 5.41 Å². The van der Waals surface area contributed by atoms with Gasteiger partial charge in [-0.3, -0.25) is 4.79 Å². The van der Waals surface area contributed by atoms with Gasteiger partial charge in [0.15, 0.2) is 0 Å². The predicted molar refractivity (Wildman–Crippen MR) is 65.2 cm³/mol. The molecule has 1 aliphatic carbocycles. The quantitative estimate of drug-likeness (QED) is 0.768. The Morgan fingerprint density at radius 2 is 2.06 bits per heavy atom. The summed E-state index contributed by atoms with van der Waals surface area (Å²) in [5.74, 6) is 0.282. The molecule has 0 aromatic carbocycles. The third-order valence-electron chi connectivity index (χ3n) is 4.50. The summed E-state index contributed by atoms with van der Waals surface area (Å²) in [5, 5.41) is 6.64. The summed E-state index contributed by atoms with van der Waals surface area (Å²) in [6, 6.07) is 0. The number of rotatable bonds is 3. The van der Waals surface area contributed by atoms with Gasteiger partial charge >= 0.3 is 0 Å². The van der Waals surface area contributed by atoms with E-state index in [9.17, 15) is 4.79 Å². The molecule has 1 aliphatic heterocycles. The van der Waals surface area contributed by atoms with E-state index < -0.39 is 0 Å². The first kappa shape index (κ1) is 11.9. The zero-order chi connectivity index (χ0) is 11.6. The maximum atomic E-state index is 12.4. The molecule has 2 rings (SSSR count). The molecule has 16 heavy (non-hydrogen) atoms. The maximum Gasteiger partial charge on any atom is 0.227 e. The molecular weight excluding hydrogens is 200 g/mol. The molecule has 1 amide bonds. The molecule has 1 saturated heterocycles. The van der Waals surface area contributed by atoms with Crippen LogP contribution >= 0.6 is 0 Å². The van der Waals surface area contributed by atoms with Crippen LogP contribution in [0.3, 0.4) is 0 Å². The minimum Gasteiger partial charge on any atom is -0.350 e. The highest BCUT2D eigenvalue weighted by molar-refractivity contribution is 5.83. The molecule has 1 atom stereocenters. The van der Waals surface area contributed by atoms with Gasteiger partial charge in [0.25, 0.3) is 0 Å². The number of piperidine rings is 1. The summed E-state index contributed by atoms with van der Waals surface area (Å²) in [6.45, 7) is 6.22. The van der Waals surface area contributed by atoms with Crippen LogP contribution in [0.1, 0.15) is 52.4 Å². The van der Waals surface area contributed by atoms with Crippen molar-refractivity contribution in [1.29, 1.82) is 0 Å². The summed E-state index contributed by atoms with van der Waals surface area (Å²) in [7, 11) is 0. The highest BCUT2D eigenvalue weighted by Gasteiger charge is 2.42. The van der Waals surface area contributed by atoms with Crippen molar-refractivity contribution >= 4 is 5.91 Å². The molecule has 3 nitrogen and oxygen atoms in total. The van der Waals surface area contributed by atoms with E-state index in [4.69, 9.17) is 0 Å². The van der Waals surface area contributed by atoms with Crippen LogP contribution in [0.25, 0.3) is 0 Å². The molecule has 2 fully saturated rings. The number of nitrogens with one attached hydrogen (secondary N) is 2. The fourth-order valence-corrected chi connectivity index (χ4v) is 2.86. The van der Waals surface area contributed by atoms with Crippen LogP contribution in [-0.2, 0) is 4.79 Å². The van der Waals surface area contributed by atoms with Gasteiger partial charge in [-0.05, 0) is 52.0 Å². The average Bonchev–Trinajstić information content (AvgIpc) is 2.27. The first-order chi connectivity index (χ1) is 7.60. The standard InChI is InChI=1S/C13H24N2O/c1-3-13(8-5-9-14-10-13)11(16)15-12(2)6-4-7-12/h14H,3-10H2,1-2H3,(H,15,16). The minimum atomic E-state index is -0.142. The molecule has 0 radical (unpaired) electrons. The SMILES string of the molecule is CCC1(C(=O)NC2(C)CCC2)CCCNC1. The van der Waals surface area contributed by atoms with E-state index in [1.54, 1.807) is 0 Å². The Morgan fingerprint density at radius 1 is 1.31 bits per heavy atom. The van der Waals surface area contributed by atoms with Crippen LogP contribution in [0.15, 0.2) is 0 Å². The molecule has 0 aromatic heterocycles. The van der Waals surface area contributed by atoms with Crippen LogP contribution < -0.4 is 10.6 Å². The van der Waals surface area contributed by atoms with Gasteiger partial charge in [-0.2, -0.15) is 0 Å². The first-order valence-electron chi connectivity index (χ1n) is 6.64. The van der Waals surface area contributed by atoms with Crippen molar-refractivity contribution in [1.82, 2.24) is 10.6 Å². The molecular formula is C13H24N2O. The highest BCUT2D eigenvalue weighted by Crippen LogP contribution is 2.35. The lowest BCUT2D eigenvalue weighted by atomic mass is 9.74. The van der Waals surface area contributed by atoms with E-state index in [0.717, 1.165) is 45.2 Å². The van der Waals surface area contributed by atoms with Gasteiger partial charge in [0.2, 0.25) is 5.91 Å². The van der Waals surface area contributed by atoms with E-state index in [1.807, 2.05) is 0 Å². The maximum absolute atomic E-state index is 12.4. The van der Waals surface area contributed by atoms with Gasteiger partial charge in [0.1, 0.15) is 0 Å². The molecule has 1 saturated carbocycles. The molecule has 0 spiro atoms. The van der Waals surface area contributed by atoms with Crippen LogP contribution in [0, 0.1) is 5.41 Å². The molecule has 0 aromatic rings. The minimum absolute atomic E-state index is 0.0939. The Hall–Kier alpha value is -0.570. The van der Waals surface area contributed by atoms with Crippen molar-refractivity contribution < 1.29 is 4.79 Å². The Bertz CT molecular complexity index is 265. The molecule has 2 aliphatic rings. The lowest BCUT2D eigenvalue weighted by molar-refractivity contribution is -0.135. The van der Waals surface area contributed by atoms with Gasteiger partial charge < -0.3 is 10.6 Å². The summed E-state index contributed by atoms with van der Waals surface area (Å²) in [6.07, 6.45) is 6.66. The molecule has 1 heterocycles. The predicted octanol–water partition coefficient (Wildman–Crippen LogP) is 1.82. The Balaban J connectivity index is 1.99. The summed E-state index contributed by atoms with van der Waals surface area (Å²) in [4.78, 5) is 12.4. The number of hydrogen-bond acceptors (Lipinski definition) is 2. The van der Waals surface area contributed by atoms with Crippen LogP contribution in [0.2, 0.25) is 0 Å². The van der Waals surface area contributed by atoms with Crippen molar-refractivity contribution in [2.75, 3.05) is 13.1 Å². The van der Waals surface area contributed by atoms with Crippen LogP contribution in [-0.4, -0.2) is 24.5 Å². The fraction of sp³-hybridized carbons (Fsp3) is 0.923. The lowest BCUT2D eigenvalue weighted by Gasteiger charge is -2.44. The Kier molecular flexibility index (Phi) is 3.24. The van der Waals surface area contributed by atoms with Gasteiger partial charge in [0, 0.05) is 12.1 Å². The number of amides is 1. The van der Waals surface area contributed by atoms with Crippen LogP contribution in [0.5, 0.6) is 0 Å². The number of hydrogen-bond donors (Lipinski definition) is 2. The smallest absolute Gasteiger partial charge is 0.227 e. The average molecular weight is 224 g/mol. The second-order valence-electron chi connectivity index (χ2n) is 5.78. The van der Waals surface area contributed by atoms with E-state index in [-0.39, 0.29) is 16.9 Å². The Morgan fingerprint density at radius 3 is 2.50 bits per heavy atom. The molecule has 2 N–H and O–H groups in total. The molecule has 92 valence electrons. The third-order valence-corrected chi connectivity index (χ3v) is 4.50. The zero-order valence-electron chi connectivity index (χ0n) is 10.6. The number of carbonyl (C=O) groups is 1. The Labute approximate surface area is 98.4 Å². The van der Waals surface area contributed by atoms with Crippen molar-refractivity contribution in [2.45, 2.75) is 57.9 Å². The van der Waals surface area contributed by atoms with E-state index in [1.165, 1.54) is 6.42 Å². The van der Waals surface area contributed by atoms with E-state index in [2.05, 4.69) is 24.5 Å². The zero-order valence-corrected chi connectivity index (χ0v) is 10.6. The van der Waals surface area contributed by atoms with Crippen LogP contribution in [0.4, 0.5) is 0 Å². The summed E-state index contributed by atoms with van der Waals surface area (Å²) < 4.78 is 0. The largest absolute Gasteiger partial charge is 0.350 e. The molecule has 1 unspecified atom stereocenters. The normalized spacial score (nSPS) is 32.9. The van der Waals surface area contributed by atoms with Crippen molar-refractivity contribution in [3.8, 4) is 0 Å². The molecule has 0 bridgehead atoms. The second-order valence-corrected chi connectivity index (χ2v) is 5.78. The van der Waals surface area contributed by atoms with Gasteiger partial charge in [-0.15, -0.1) is 0 Å². The first-order valence-corrected chi connectivity index (χ1v) is 6.64. The fourth-order valence-electron chi connectivity index (χ4n) is 2.86. The van der Waals surface area contributed by atoms with E-state index >= 15 is 0 Å². The summed E-state index contributed by atoms with van der Waals surface area (Å²) in [5.41, 5.74) is -0.0481. The lowest BCUT2D eigenvalue weighted by Crippen LogP contribution is -2.58. The molecule has 3 heteroatoms.